The van der Waals surface area contributed by atoms with Gasteiger partial charge in [0, 0.05) is 43.6 Å². The summed E-state index contributed by atoms with van der Waals surface area (Å²) in [4.78, 5) is 32.8. The van der Waals surface area contributed by atoms with Crippen LogP contribution in [-0.4, -0.2) is 57.3 Å². The quantitative estimate of drug-likeness (QED) is 0.915. The molecule has 2 aliphatic heterocycles. The van der Waals surface area contributed by atoms with Crippen LogP contribution in [0, 0.1) is 5.92 Å². The van der Waals surface area contributed by atoms with Gasteiger partial charge in [0.25, 0.3) is 0 Å². The highest BCUT2D eigenvalue weighted by atomic mass is 32.1. The van der Waals surface area contributed by atoms with Crippen LogP contribution in [0.4, 0.5) is 9.93 Å². The maximum Gasteiger partial charge on any atom is 0.323 e. The lowest BCUT2D eigenvalue weighted by Gasteiger charge is -2.20. The van der Waals surface area contributed by atoms with Crippen LogP contribution in [0.3, 0.4) is 0 Å². The number of amides is 3. The molecule has 3 fully saturated rings. The summed E-state index contributed by atoms with van der Waals surface area (Å²) < 4.78 is 4.29. The number of carbonyl (C=O) groups excluding carboxylic acids is 2. The molecule has 1 aromatic rings. The zero-order valence-corrected chi connectivity index (χ0v) is 13.8. The van der Waals surface area contributed by atoms with Gasteiger partial charge in [-0.1, -0.05) is 0 Å². The molecule has 1 saturated carbocycles. The third-order valence-corrected chi connectivity index (χ3v) is 5.49. The van der Waals surface area contributed by atoms with Crippen LogP contribution >= 0.6 is 11.5 Å². The van der Waals surface area contributed by atoms with Crippen LogP contribution in [0.1, 0.15) is 43.8 Å². The molecule has 0 bridgehead atoms. The van der Waals surface area contributed by atoms with E-state index in [9.17, 15) is 9.59 Å². The second-order valence-corrected chi connectivity index (χ2v) is 7.38. The second-order valence-electron chi connectivity index (χ2n) is 6.63. The smallest absolute Gasteiger partial charge is 0.323 e. The molecule has 1 unspecified atom stereocenters. The van der Waals surface area contributed by atoms with Crippen LogP contribution in [0.15, 0.2) is 0 Å². The number of likely N-dealkylation sites (tertiary alicyclic amines) is 2. The second kappa shape index (κ2) is 6.07. The van der Waals surface area contributed by atoms with Crippen molar-refractivity contribution < 1.29 is 9.59 Å². The standard InChI is InChI=1S/C15H21N5O2S/c21-13(19-6-1-2-7-19)11-5-8-20(9-11)15(22)17-14-16-12(18-23-14)10-3-4-10/h10-11H,1-9H2,(H,16,17,18,22). The molecule has 3 amide bonds. The minimum absolute atomic E-state index is 0.0460. The lowest BCUT2D eigenvalue weighted by molar-refractivity contribution is -0.133. The number of urea groups is 1. The molecule has 1 aromatic heterocycles. The fourth-order valence-corrected chi connectivity index (χ4v) is 3.94. The minimum Gasteiger partial charge on any atom is -0.342 e. The highest BCUT2D eigenvalue weighted by Crippen LogP contribution is 2.39. The van der Waals surface area contributed by atoms with Crippen molar-refractivity contribution >= 4 is 28.6 Å². The maximum atomic E-state index is 12.4. The van der Waals surface area contributed by atoms with E-state index in [4.69, 9.17) is 0 Å². The number of anilines is 1. The van der Waals surface area contributed by atoms with Gasteiger partial charge in [0.15, 0.2) is 0 Å². The largest absolute Gasteiger partial charge is 0.342 e. The molecular formula is C15H21N5O2S. The van der Waals surface area contributed by atoms with Gasteiger partial charge in [0.2, 0.25) is 11.0 Å². The lowest BCUT2D eigenvalue weighted by Crippen LogP contribution is -2.37. The Balaban J connectivity index is 1.31. The van der Waals surface area contributed by atoms with Crippen LogP contribution < -0.4 is 5.32 Å². The van der Waals surface area contributed by atoms with E-state index in [0.29, 0.717) is 24.1 Å². The van der Waals surface area contributed by atoms with Crippen molar-refractivity contribution in [3.63, 3.8) is 0 Å². The molecule has 2 saturated heterocycles. The van der Waals surface area contributed by atoms with Gasteiger partial charge in [-0.2, -0.15) is 4.37 Å². The van der Waals surface area contributed by atoms with E-state index in [1.807, 2.05) is 4.90 Å². The van der Waals surface area contributed by atoms with Crippen molar-refractivity contribution in [3.8, 4) is 0 Å². The minimum atomic E-state index is -0.166. The topological polar surface area (TPSA) is 78.4 Å². The van der Waals surface area contributed by atoms with E-state index in [-0.39, 0.29) is 17.9 Å². The van der Waals surface area contributed by atoms with Gasteiger partial charge in [-0.05, 0) is 32.1 Å². The summed E-state index contributed by atoms with van der Waals surface area (Å²) in [6, 6.07) is -0.166. The summed E-state index contributed by atoms with van der Waals surface area (Å²) in [5.41, 5.74) is 0. The normalized spacial score (nSPS) is 24.3. The number of hydrogen-bond acceptors (Lipinski definition) is 5. The molecule has 3 aliphatic rings. The van der Waals surface area contributed by atoms with Gasteiger partial charge in [0.05, 0.1) is 5.92 Å². The first-order valence-electron chi connectivity index (χ1n) is 8.39. The van der Waals surface area contributed by atoms with Gasteiger partial charge < -0.3 is 9.80 Å². The van der Waals surface area contributed by atoms with Crippen molar-refractivity contribution in [2.75, 3.05) is 31.5 Å². The highest BCUT2D eigenvalue weighted by molar-refractivity contribution is 7.09. The molecule has 3 heterocycles. The molecule has 0 spiro atoms. The molecule has 124 valence electrons. The number of rotatable bonds is 3. The predicted molar refractivity (Wildman–Crippen MR) is 86.4 cm³/mol. The van der Waals surface area contributed by atoms with Gasteiger partial charge in [-0.3, -0.25) is 10.1 Å². The Morgan fingerprint density at radius 2 is 1.87 bits per heavy atom. The summed E-state index contributed by atoms with van der Waals surface area (Å²) in [6.45, 7) is 2.88. The number of nitrogens with zero attached hydrogens (tertiary/aromatic N) is 4. The molecule has 1 N–H and O–H groups in total. The zero-order valence-electron chi connectivity index (χ0n) is 13.0. The van der Waals surface area contributed by atoms with E-state index in [1.165, 1.54) is 11.5 Å². The van der Waals surface area contributed by atoms with Crippen LogP contribution in [-0.2, 0) is 4.79 Å². The predicted octanol–water partition coefficient (Wildman–Crippen LogP) is 1.89. The summed E-state index contributed by atoms with van der Waals surface area (Å²) in [5.74, 6) is 1.51. The third-order valence-electron chi connectivity index (χ3n) is 4.84. The van der Waals surface area contributed by atoms with Crippen molar-refractivity contribution in [2.24, 2.45) is 5.92 Å². The molecular weight excluding hydrogens is 314 g/mol. The molecule has 7 nitrogen and oxygen atoms in total. The van der Waals surface area contributed by atoms with E-state index < -0.39 is 0 Å². The lowest BCUT2D eigenvalue weighted by atomic mass is 10.1. The van der Waals surface area contributed by atoms with Crippen molar-refractivity contribution in [1.29, 1.82) is 0 Å². The number of nitrogens with one attached hydrogen (secondary N) is 1. The molecule has 8 heteroatoms. The molecule has 0 aromatic carbocycles. The molecule has 1 aliphatic carbocycles. The van der Waals surface area contributed by atoms with Crippen LogP contribution in [0.25, 0.3) is 0 Å². The van der Waals surface area contributed by atoms with Crippen molar-refractivity contribution in [2.45, 2.75) is 38.0 Å². The Bertz CT molecular complexity index is 609. The molecule has 1 atom stereocenters. The third kappa shape index (κ3) is 3.17. The highest BCUT2D eigenvalue weighted by Gasteiger charge is 2.35. The summed E-state index contributed by atoms with van der Waals surface area (Å²) in [5, 5.41) is 3.38. The SMILES string of the molecule is O=C(Nc1nc(C2CC2)ns1)N1CCC(C(=O)N2CCCC2)C1. The average molecular weight is 335 g/mol. The molecule has 23 heavy (non-hydrogen) atoms. The first-order chi connectivity index (χ1) is 11.2. The number of carbonyl (C=O) groups is 2. The summed E-state index contributed by atoms with van der Waals surface area (Å²) >= 11 is 1.24. The first kappa shape index (κ1) is 14.9. The van der Waals surface area contributed by atoms with Crippen molar-refractivity contribution in [3.05, 3.63) is 5.82 Å². The van der Waals surface area contributed by atoms with E-state index in [2.05, 4.69) is 14.7 Å². The Kier molecular flexibility index (Phi) is 3.92. The fourth-order valence-electron chi connectivity index (χ4n) is 3.31. The van der Waals surface area contributed by atoms with E-state index in [1.54, 1.807) is 4.90 Å². The van der Waals surface area contributed by atoms with Gasteiger partial charge in [0.1, 0.15) is 5.82 Å². The van der Waals surface area contributed by atoms with Gasteiger partial charge in [-0.25, -0.2) is 9.78 Å². The monoisotopic (exact) mass is 335 g/mol. The Morgan fingerprint density at radius 3 is 2.61 bits per heavy atom. The van der Waals surface area contributed by atoms with E-state index in [0.717, 1.165) is 51.0 Å². The molecule has 4 rings (SSSR count). The number of aromatic nitrogens is 2. The summed E-state index contributed by atoms with van der Waals surface area (Å²) in [6.07, 6.45) is 5.26. The Labute approximate surface area is 139 Å². The fraction of sp³-hybridized carbons (Fsp3) is 0.733. The first-order valence-corrected chi connectivity index (χ1v) is 9.16. The molecule has 0 radical (unpaired) electrons. The van der Waals surface area contributed by atoms with Crippen molar-refractivity contribution in [1.82, 2.24) is 19.2 Å². The average Bonchev–Trinajstić information content (AvgIpc) is 3.03. The Morgan fingerprint density at radius 1 is 1.09 bits per heavy atom. The number of hydrogen-bond donors (Lipinski definition) is 1. The van der Waals surface area contributed by atoms with Gasteiger partial charge in [-0.15, -0.1) is 0 Å². The zero-order chi connectivity index (χ0) is 15.8. The Hall–Kier alpha value is -1.70. The van der Waals surface area contributed by atoms with Gasteiger partial charge >= 0.3 is 6.03 Å². The summed E-state index contributed by atoms with van der Waals surface area (Å²) in [7, 11) is 0. The maximum absolute atomic E-state index is 12.4. The van der Waals surface area contributed by atoms with Crippen LogP contribution in [0.5, 0.6) is 0 Å². The van der Waals surface area contributed by atoms with E-state index >= 15 is 0 Å². The van der Waals surface area contributed by atoms with Crippen LogP contribution in [0.2, 0.25) is 0 Å².